The van der Waals surface area contributed by atoms with E-state index in [0.29, 0.717) is 6.54 Å². The maximum atomic E-state index is 12.1. The van der Waals surface area contributed by atoms with E-state index in [-0.39, 0.29) is 23.8 Å². The van der Waals surface area contributed by atoms with Crippen LogP contribution in [0.2, 0.25) is 0 Å². The van der Waals surface area contributed by atoms with E-state index in [9.17, 15) is 9.59 Å². The summed E-state index contributed by atoms with van der Waals surface area (Å²) in [5.41, 5.74) is 0. The molecule has 17 heavy (non-hydrogen) atoms. The Labute approximate surface area is 102 Å². The van der Waals surface area contributed by atoms with Crippen molar-refractivity contribution in [2.75, 3.05) is 20.2 Å². The summed E-state index contributed by atoms with van der Waals surface area (Å²) in [6.45, 7) is 7.20. The third kappa shape index (κ3) is 2.97. The molecule has 0 bridgehead atoms. The Balaban J connectivity index is 2.77. The Bertz CT molecular complexity index is 291. The van der Waals surface area contributed by atoms with Crippen LogP contribution in [-0.4, -0.2) is 49.1 Å². The van der Waals surface area contributed by atoms with Crippen LogP contribution in [0, 0.1) is 5.92 Å². The minimum atomic E-state index is -0.462. The van der Waals surface area contributed by atoms with E-state index in [2.05, 4.69) is 5.32 Å². The van der Waals surface area contributed by atoms with Crippen LogP contribution in [0.25, 0.3) is 0 Å². The normalized spacial score (nSPS) is 22.1. The maximum Gasteiger partial charge on any atom is 0.328 e. The van der Waals surface area contributed by atoms with Gasteiger partial charge in [0.1, 0.15) is 6.04 Å². The van der Waals surface area contributed by atoms with Crippen molar-refractivity contribution >= 4 is 11.9 Å². The number of nitrogens with one attached hydrogen (secondary N) is 1. The molecule has 5 heteroatoms. The van der Waals surface area contributed by atoms with Gasteiger partial charge in [0.05, 0.1) is 13.2 Å². The molecule has 0 aromatic rings. The summed E-state index contributed by atoms with van der Waals surface area (Å²) in [7, 11) is 1.36. The number of likely N-dealkylation sites (N-methyl/N-ethyl adjacent to an activating group) is 1. The highest BCUT2D eigenvalue weighted by molar-refractivity contribution is 5.89. The fraction of sp³-hybridized carbons (Fsp3) is 0.833. The molecule has 2 unspecified atom stereocenters. The minimum Gasteiger partial charge on any atom is -0.467 e. The smallest absolute Gasteiger partial charge is 0.328 e. The van der Waals surface area contributed by atoms with Gasteiger partial charge < -0.3 is 15.0 Å². The van der Waals surface area contributed by atoms with E-state index in [1.807, 2.05) is 20.8 Å². The molecule has 1 aliphatic rings. The van der Waals surface area contributed by atoms with Crippen LogP contribution < -0.4 is 5.32 Å². The third-order valence-corrected chi connectivity index (χ3v) is 3.10. The highest BCUT2D eigenvalue weighted by Crippen LogP contribution is 2.20. The zero-order valence-corrected chi connectivity index (χ0v) is 11.0. The Kier molecular flexibility index (Phi) is 4.93. The van der Waals surface area contributed by atoms with Crippen LogP contribution in [0.1, 0.15) is 27.2 Å². The largest absolute Gasteiger partial charge is 0.467 e. The van der Waals surface area contributed by atoms with Crippen LogP contribution in [0.3, 0.4) is 0 Å². The molecule has 0 saturated carbocycles. The number of rotatable bonds is 5. The first kappa shape index (κ1) is 14.0. The molecule has 0 aromatic carbocycles. The molecule has 1 N–H and O–H groups in total. The quantitative estimate of drug-likeness (QED) is 0.709. The average molecular weight is 242 g/mol. The summed E-state index contributed by atoms with van der Waals surface area (Å²) in [5.74, 6) is -0.256. The first-order chi connectivity index (χ1) is 8.02. The first-order valence-corrected chi connectivity index (χ1v) is 6.14. The zero-order chi connectivity index (χ0) is 13.0. The molecule has 1 rings (SSSR count). The van der Waals surface area contributed by atoms with Crippen LogP contribution >= 0.6 is 0 Å². The molecule has 1 saturated heterocycles. The fourth-order valence-corrected chi connectivity index (χ4v) is 2.29. The lowest BCUT2D eigenvalue weighted by Gasteiger charge is -2.28. The van der Waals surface area contributed by atoms with E-state index < -0.39 is 6.04 Å². The number of ether oxygens (including phenoxy) is 1. The molecule has 1 fully saturated rings. The molecule has 1 aliphatic heterocycles. The van der Waals surface area contributed by atoms with Gasteiger partial charge in [-0.15, -0.1) is 0 Å². The van der Waals surface area contributed by atoms with Gasteiger partial charge in [0.2, 0.25) is 5.91 Å². The lowest BCUT2D eigenvalue weighted by molar-refractivity contribution is -0.153. The van der Waals surface area contributed by atoms with Gasteiger partial charge in [0.15, 0.2) is 0 Å². The minimum absolute atomic E-state index is 0.0101. The first-order valence-electron chi connectivity index (χ1n) is 6.14. The second kappa shape index (κ2) is 6.00. The predicted molar refractivity (Wildman–Crippen MR) is 64.4 cm³/mol. The van der Waals surface area contributed by atoms with Crippen molar-refractivity contribution in [3.05, 3.63) is 0 Å². The fourth-order valence-electron chi connectivity index (χ4n) is 2.29. The number of carbonyl (C=O) groups is 2. The average Bonchev–Trinajstić information content (AvgIpc) is 2.62. The number of hydrogen-bond donors (Lipinski definition) is 1. The van der Waals surface area contributed by atoms with E-state index in [4.69, 9.17) is 4.74 Å². The van der Waals surface area contributed by atoms with Gasteiger partial charge in [0, 0.05) is 6.54 Å². The summed E-state index contributed by atoms with van der Waals surface area (Å²) < 4.78 is 4.78. The van der Waals surface area contributed by atoms with Gasteiger partial charge >= 0.3 is 5.97 Å². The van der Waals surface area contributed by atoms with Crippen molar-refractivity contribution < 1.29 is 14.3 Å². The Morgan fingerprint density at radius 2 is 2.24 bits per heavy atom. The lowest BCUT2D eigenvalue weighted by Crippen LogP contribution is -2.49. The Morgan fingerprint density at radius 3 is 2.71 bits per heavy atom. The van der Waals surface area contributed by atoms with Gasteiger partial charge in [0.25, 0.3) is 0 Å². The van der Waals surface area contributed by atoms with Crippen molar-refractivity contribution in [1.29, 1.82) is 0 Å². The summed E-state index contributed by atoms with van der Waals surface area (Å²) in [5, 5.41) is 3.13. The zero-order valence-electron chi connectivity index (χ0n) is 11.0. The number of amides is 1. The second-order valence-electron chi connectivity index (χ2n) is 4.64. The maximum absolute atomic E-state index is 12.1. The van der Waals surface area contributed by atoms with E-state index in [1.165, 1.54) is 7.11 Å². The molecular weight excluding hydrogens is 220 g/mol. The van der Waals surface area contributed by atoms with Crippen molar-refractivity contribution in [1.82, 2.24) is 10.2 Å². The van der Waals surface area contributed by atoms with E-state index in [0.717, 1.165) is 13.0 Å². The molecule has 1 heterocycles. The van der Waals surface area contributed by atoms with Gasteiger partial charge in [-0.2, -0.15) is 0 Å². The Hall–Kier alpha value is -1.10. The molecule has 98 valence electrons. The van der Waals surface area contributed by atoms with Crippen LogP contribution in [0.4, 0.5) is 0 Å². The van der Waals surface area contributed by atoms with E-state index in [1.54, 1.807) is 4.90 Å². The number of methoxy groups -OCH3 is 1. The summed E-state index contributed by atoms with van der Waals surface area (Å²) in [6.07, 6.45) is 0.757. The summed E-state index contributed by atoms with van der Waals surface area (Å²) in [4.78, 5) is 25.5. The predicted octanol–water partition coefficient (Wildman–Crippen LogP) is 0.394. The van der Waals surface area contributed by atoms with Gasteiger partial charge in [-0.3, -0.25) is 4.79 Å². The Morgan fingerprint density at radius 1 is 1.59 bits per heavy atom. The monoisotopic (exact) mass is 242 g/mol. The molecule has 2 atom stereocenters. The number of hydrogen-bond acceptors (Lipinski definition) is 4. The lowest BCUT2D eigenvalue weighted by atomic mass is 10.0. The van der Waals surface area contributed by atoms with E-state index >= 15 is 0 Å². The third-order valence-electron chi connectivity index (χ3n) is 3.10. The SMILES string of the molecule is CCNC1CCN(C(C(=O)OC)C(C)C)C1=O. The van der Waals surface area contributed by atoms with Crippen LogP contribution in [0.5, 0.6) is 0 Å². The van der Waals surface area contributed by atoms with Crippen molar-refractivity contribution in [3.8, 4) is 0 Å². The van der Waals surface area contributed by atoms with Crippen molar-refractivity contribution in [2.45, 2.75) is 39.3 Å². The van der Waals surface area contributed by atoms with Crippen molar-refractivity contribution in [3.63, 3.8) is 0 Å². The van der Waals surface area contributed by atoms with Crippen LogP contribution in [0.15, 0.2) is 0 Å². The van der Waals surface area contributed by atoms with Gasteiger partial charge in [-0.25, -0.2) is 4.79 Å². The molecule has 0 radical (unpaired) electrons. The van der Waals surface area contributed by atoms with Gasteiger partial charge in [-0.05, 0) is 18.9 Å². The topological polar surface area (TPSA) is 58.6 Å². The second-order valence-corrected chi connectivity index (χ2v) is 4.64. The number of likely N-dealkylation sites (tertiary alicyclic amines) is 1. The molecule has 0 aromatic heterocycles. The molecule has 0 spiro atoms. The van der Waals surface area contributed by atoms with Gasteiger partial charge in [-0.1, -0.05) is 20.8 Å². The molecule has 5 nitrogen and oxygen atoms in total. The van der Waals surface area contributed by atoms with Crippen molar-refractivity contribution in [2.24, 2.45) is 5.92 Å². The number of nitrogens with zero attached hydrogens (tertiary/aromatic N) is 1. The molecule has 0 aliphatic carbocycles. The number of carbonyl (C=O) groups excluding carboxylic acids is 2. The molecular formula is C12H22N2O3. The van der Waals surface area contributed by atoms with Crippen LogP contribution in [-0.2, 0) is 14.3 Å². The summed E-state index contributed by atoms with van der Waals surface area (Å²) in [6, 6.07) is -0.609. The standard InChI is InChI=1S/C12H22N2O3/c1-5-13-9-6-7-14(11(9)15)10(8(2)3)12(16)17-4/h8-10,13H,5-7H2,1-4H3. The highest BCUT2D eigenvalue weighted by Gasteiger charge is 2.40. The highest BCUT2D eigenvalue weighted by atomic mass is 16.5. The number of esters is 1. The summed E-state index contributed by atoms with van der Waals surface area (Å²) >= 11 is 0. The molecule has 1 amide bonds.